The zero-order valence-electron chi connectivity index (χ0n) is 11.4. The summed E-state index contributed by atoms with van der Waals surface area (Å²) in [5.41, 5.74) is 7.77. The molecule has 1 aromatic carbocycles. The number of nitrogens with one attached hydrogen (secondary N) is 1. The molecule has 0 fully saturated rings. The highest BCUT2D eigenvalue weighted by Gasteiger charge is 2.11. The van der Waals surface area contributed by atoms with Crippen molar-refractivity contribution in [3.8, 4) is 0 Å². The van der Waals surface area contributed by atoms with Crippen LogP contribution in [0.25, 0.3) is 0 Å². The Kier molecular flexibility index (Phi) is 5.82. The van der Waals surface area contributed by atoms with Crippen LogP contribution in [0.15, 0.2) is 24.3 Å². The van der Waals surface area contributed by atoms with E-state index in [4.69, 9.17) is 5.73 Å². The van der Waals surface area contributed by atoms with Gasteiger partial charge in [0.1, 0.15) is 0 Å². The summed E-state index contributed by atoms with van der Waals surface area (Å²) >= 11 is 0. The van der Waals surface area contributed by atoms with E-state index < -0.39 is 6.04 Å². The third-order valence-corrected chi connectivity index (χ3v) is 2.66. The monoisotopic (exact) mass is 249 g/mol. The van der Waals surface area contributed by atoms with Gasteiger partial charge < -0.3 is 16.0 Å². The van der Waals surface area contributed by atoms with E-state index in [-0.39, 0.29) is 5.91 Å². The molecule has 1 aromatic rings. The lowest BCUT2D eigenvalue weighted by atomic mass is 10.1. The number of benzene rings is 1. The lowest BCUT2D eigenvalue weighted by molar-refractivity contribution is -0.117. The number of hydrogen-bond acceptors (Lipinski definition) is 3. The van der Waals surface area contributed by atoms with Crippen molar-refractivity contribution in [2.45, 2.75) is 32.4 Å². The maximum Gasteiger partial charge on any atom is 0.241 e. The Labute approximate surface area is 109 Å². The molecule has 0 aliphatic heterocycles. The molecule has 18 heavy (non-hydrogen) atoms. The van der Waals surface area contributed by atoms with Gasteiger partial charge in [0.05, 0.1) is 6.04 Å². The second-order valence-electron chi connectivity index (χ2n) is 4.82. The van der Waals surface area contributed by atoms with Gasteiger partial charge in [-0.25, -0.2) is 0 Å². The van der Waals surface area contributed by atoms with Gasteiger partial charge in [0.15, 0.2) is 0 Å². The first kappa shape index (κ1) is 14.7. The number of hydrogen-bond donors (Lipinski definition) is 2. The Morgan fingerprint density at radius 1 is 1.33 bits per heavy atom. The third kappa shape index (κ3) is 4.85. The number of nitrogens with two attached hydrogens (primary N) is 1. The van der Waals surface area contributed by atoms with E-state index in [1.807, 2.05) is 45.3 Å². The Morgan fingerprint density at radius 3 is 2.44 bits per heavy atom. The van der Waals surface area contributed by atoms with Crippen LogP contribution in [-0.4, -0.2) is 30.9 Å². The minimum atomic E-state index is -0.420. The summed E-state index contributed by atoms with van der Waals surface area (Å²) in [6.07, 6.45) is 1.63. The molecule has 1 atom stereocenters. The highest BCUT2D eigenvalue weighted by molar-refractivity contribution is 5.94. The Bertz CT molecular complexity index is 373. The molecule has 0 bridgehead atoms. The fraction of sp³-hybridized carbons (Fsp3) is 0.500. The zero-order chi connectivity index (χ0) is 13.5. The Balaban J connectivity index is 2.55. The van der Waals surface area contributed by atoms with Crippen molar-refractivity contribution in [2.24, 2.45) is 5.73 Å². The fourth-order valence-corrected chi connectivity index (χ4v) is 1.74. The molecule has 0 radical (unpaired) electrons. The van der Waals surface area contributed by atoms with Crippen molar-refractivity contribution in [1.29, 1.82) is 0 Å². The molecule has 100 valence electrons. The van der Waals surface area contributed by atoms with Crippen molar-refractivity contribution in [1.82, 2.24) is 4.90 Å². The van der Waals surface area contributed by atoms with E-state index in [1.54, 1.807) is 0 Å². The first-order valence-corrected chi connectivity index (χ1v) is 6.33. The summed E-state index contributed by atoms with van der Waals surface area (Å²) in [5.74, 6) is -0.114. The van der Waals surface area contributed by atoms with E-state index in [0.717, 1.165) is 18.7 Å². The summed E-state index contributed by atoms with van der Waals surface area (Å²) in [7, 11) is 4.05. The zero-order valence-corrected chi connectivity index (χ0v) is 11.4. The van der Waals surface area contributed by atoms with E-state index in [0.29, 0.717) is 6.42 Å². The molecular weight excluding hydrogens is 226 g/mol. The van der Waals surface area contributed by atoms with Gasteiger partial charge in [-0.15, -0.1) is 0 Å². The lowest BCUT2D eigenvalue weighted by Crippen LogP contribution is -2.35. The van der Waals surface area contributed by atoms with Gasteiger partial charge in [0, 0.05) is 12.2 Å². The minimum Gasteiger partial charge on any atom is -0.325 e. The quantitative estimate of drug-likeness (QED) is 0.808. The highest BCUT2D eigenvalue weighted by atomic mass is 16.2. The standard InChI is InChI=1S/C14H23N3O/c1-4-5-13(15)14(18)16-12-8-6-11(7-9-12)10-17(2)3/h6-9,13H,4-5,10,15H2,1-3H3,(H,16,18)/t13-/m0/s1. The van der Waals surface area contributed by atoms with E-state index in [1.165, 1.54) is 5.56 Å². The van der Waals surface area contributed by atoms with E-state index in [9.17, 15) is 4.79 Å². The molecule has 0 spiro atoms. The van der Waals surface area contributed by atoms with Gasteiger partial charge in [0.25, 0.3) is 0 Å². The third-order valence-electron chi connectivity index (χ3n) is 2.66. The van der Waals surface area contributed by atoms with Gasteiger partial charge in [-0.3, -0.25) is 4.79 Å². The predicted octanol–water partition coefficient (Wildman–Crippen LogP) is 1.81. The summed E-state index contributed by atoms with van der Waals surface area (Å²) in [5, 5.41) is 2.83. The molecule has 0 aliphatic carbocycles. The normalized spacial score (nSPS) is 12.5. The molecular formula is C14H23N3O. The van der Waals surface area contributed by atoms with Crippen LogP contribution in [0.4, 0.5) is 5.69 Å². The van der Waals surface area contributed by atoms with Crippen LogP contribution in [0.1, 0.15) is 25.3 Å². The molecule has 4 heteroatoms. The van der Waals surface area contributed by atoms with Gasteiger partial charge in [0.2, 0.25) is 5.91 Å². The molecule has 0 unspecified atom stereocenters. The van der Waals surface area contributed by atoms with Gasteiger partial charge in [-0.2, -0.15) is 0 Å². The van der Waals surface area contributed by atoms with Gasteiger partial charge >= 0.3 is 0 Å². The molecule has 1 amide bonds. The van der Waals surface area contributed by atoms with Crippen LogP contribution < -0.4 is 11.1 Å². The smallest absolute Gasteiger partial charge is 0.241 e. The van der Waals surface area contributed by atoms with Crippen molar-refractivity contribution < 1.29 is 4.79 Å². The molecule has 0 heterocycles. The summed E-state index contributed by atoms with van der Waals surface area (Å²) in [4.78, 5) is 13.8. The van der Waals surface area contributed by atoms with Crippen LogP contribution in [-0.2, 0) is 11.3 Å². The first-order chi connectivity index (χ1) is 8.52. The van der Waals surface area contributed by atoms with Crippen molar-refractivity contribution in [3.63, 3.8) is 0 Å². The van der Waals surface area contributed by atoms with E-state index in [2.05, 4.69) is 10.2 Å². The van der Waals surface area contributed by atoms with Gasteiger partial charge in [-0.05, 0) is 38.2 Å². The van der Waals surface area contributed by atoms with Crippen LogP contribution in [0.3, 0.4) is 0 Å². The average molecular weight is 249 g/mol. The highest BCUT2D eigenvalue weighted by Crippen LogP contribution is 2.11. The summed E-state index contributed by atoms with van der Waals surface area (Å²) in [6.45, 7) is 2.91. The van der Waals surface area contributed by atoms with Crippen molar-refractivity contribution >= 4 is 11.6 Å². The topological polar surface area (TPSA) is 58.4 Å². The molecule has 4 nitrogen and oxygen atoms in total. The second-order valence-corrected chi connectivity index (χ2v) is 4.82. The van der Waals surface area contributed by atoms with Crippen LogP contribution in [0.2, 0.25) is 0 Å². The Hall–Kier alpha value is -1.39. The lowest BCUT2D eigenvalue weighted by Gasteiger charge is -2.13. The SMILES string of the molecule is CCC[C@H](N)C(=O)Nc1ccc(CN(C)C)cc1. The Morgan fingerprint density at radius 2 is 1.94 bits per heavy atom. The molecule has 1 rings (SSSR count). The summed E-state index contributed by atoms with van der Waals surface area (Å²) in [6, 6.07) is 7.43. The molecule has 3 N–H and O–H groups in total. The van der Waals surface area contributed by atoms with Crippen molar-refractivity contribution in [2.75, 3.05) is 19.4 Å². The number of carbonyl (C=O) groups excluding carboxylic acids is 1. The van der Waals surface area contributed by atoms with Crippen LogP contribution in [0.5, 0.6) is 0 Å². The van der Waals surface area contributed by atoms with E-state index >= 15 is 0 Å². The second kappa shape index (κ2) is 7.13. The number of rotatable bonds is 6. The molecule has 0 saturated heterocycles. The fourth-order valence-electron chi connectivity index (χ4n) is 1.74. The largest absolute Gasteiger partial charge is 0.325 e. The number of amides is 1. The maximum atomic E-state index is 11.7. The first-order valence-electron chi connectivity index (χ1n) is 6.33. The number of nitrogens with zero attached hydrogens (tertiary/aromatic N) is 1. The van der Waals surface area contributed by atoms with Crippen molar-refractivity contribution in [3.05, 3.63) is 29.8 Å². The number of anilines is 1. The average Bonchev–Trinajstić information content (AvgIpc) is 2.31. The molecule has 0 saturated carbocycles. The predicted molar refractivity (Wildman–Crippen MR) is 75.3 cm³/mol. The van der Waals surface area contributed by atoms with Gasteiger partial charge in [-0.1, -0.05) is 25.5 Å². The maximum absolute atomic E-state index is 11.7. The van der Waals surface area contributed by atoms with Crippen LogP contribution in [0, 0.1) is 0 Å². The number of carbonyl (C=O) groups is 1. The van der Waals surface area contributed by atoms with Crippen LogP contribution >= 0.6 is 0 Å². The molecule has 0 aliphatic rings. The molecule has 0 aromatic heterocycles. The minimum absolute atomic E-state index is 0.114. The summed E-state index contributed by atoms with van der Waals surface area (Å²) < 4.78 is 0.